The molecule has 1 aliphatic heterocycles. The zero-order chi connectivity index (χ0) is 15.5. The summed E-state index contributed by atoms with van der Waals surface area (Å²) in [6, 6.07) is 11.0. The number of nitrogens with zero attached hydrogens (tertiary/aromatic N) is 2. The van der Waals surface area contributed by atoms with Crippen molar-refractivity contribution in [1.29, 1.82) is 0 Å². The van der Waals surface area contributed by atoms with Gasteiger partial charge in [0.2, 0.25) is 0 Å². The molecule has 0 fully saturated rings. The summed E-state index contributed by atoms with van der Waals surface area (Å²) >= 11 is 0. The monoisotopic (exact) mass is 296 g/mol. The van der Waals surface area contributed by atoms with E-state index in [1.54, 1.807) is 30.2 Å². The van der Waals surface area contributed by atoms with Crippen LogP contribution in [0.5, 0.6) is 0 Å². The van der Waals surface area contributed by atoms with Crippen LogP contribution in [-0.4, -0.2) is 29.5 Å². The third kappa shape index (κ3) is 2.70. The Labute approximate surface area is 128 Å². The number of benzene rings is 1. The number of pyridine rings is 1. The van der Waals surface area contributed by atoms with Gasteiger partial charge in [-0.15, -0.1) is 0 Å². The van der Waals surface area contributed by atoms with Crippen LogP contribution >= 0.6 is 0 Å². The standard InChI is InChI=1S/C17H16N2O3/c1-12(22-17(21)14-6-4-9-18-11-14)16(20)19-10-8-13-5-2-3-7-15(13)19/h2-7,9,11-12H,8,10H2,1H3/t12-/m1/s1. The minimum atomic E-state index is -0.834. The summed E-state index contributed by atoms with van der Waals surface area (Å²) in [5.41, 5.74) is 2.38. The first-order chi connectivity index (χ1) is 10.7. The highest BCUT2D eigenvalue weighted by Crippen LogP contribution is 2.28. The van der Waals surface area contributed by atoms with E-state index >= 15 is 0 Å². The number of hydrogen-bond donors (Lipinski definition) is 0. The van der Waals surface area contributed by atoms with Crippen LogP contribution in [0.3, 0.4) is 0 Å². The lowest BCUT2D eigenvalue weighted by atomic mass is 10.2. The van der Waals surface area contributed by atoms with Crippen molar-refractivity contribution in [2.75, 3.05) is 11.4 Å². The highest BCUT2D eigenvalue weighted by molar-refractivity contribution is 6.00. The van der Waals surface area contributed by atoms with Gasteiger partial charge in [-0.05, 0) is 37.1 Å². The lowest BCUT2D eigenvalue weighted by Gasteiger charge is -2.21. The molecule has 0 aliphatic carbocycles. The van der Waals surface area contributed by atoms with Gasteiger partial charge in [0.15, 0.2) is 6.10 Å². The van der Waals surface area contributed by atoms with E-state index in [1.807, 2.05) is 24.3 Å². The molecule has 1 amide bonds. The van der Waals surface area contributed by atoms with Gasteiger partial charge in [0.25, 0.3) is 5.91 Å². The van der Waals surface area contributed by atoms with Gasteiger partial charge >= 0.3 is 5.97 Å². The highest BCUT2D eigenvalue weighted by Gasteiger charge is 2.29. The SMILES string of the molecule is C[C@@H](OC(=O)c1cccnc1)C(=O)N1CCc2ccccc21. The molecule has 5 nitrogen and oxygen atoms in total. The van der Waals surface area contributed by atoms with Gasteiger partial charge in [0.1, 0.15) is 0 Å². The number of amides is 1. The second-order valence-corrected chi connectivity index (χ2v) is 5.16. The fourth-order valence-electron chi connectivity index (χ4n) is 2.55. The van der Waals surface area contributed by atoms with Crippen molar-refractivity contribution in [1.82, 2.24) is 4.98 Å². The average molecular weight is 296 g/mol. The van der Waals surface area contributed by atoms with Crippen molar-refractivity contribution in [3.8, 4) is 0 Å². The van der Waals surface area contributed by atoms with E-state index in [0.717, 1.165) is 17.7 Å². The molecule has 2 aromatic rings. The van der Waals surface area contributed by atoms with E-state index in [0.29, 0.717) is 12.1 Å². The maximum Gasteiger partial charge on any atom is 0.340 e. The molecule has 3 rings (SSSR count). The van der Waals surface area contributed by atoms with Crippen LogP contribution < -0.4 is 4.90 Å². The Kier molecular flexibility index (Phi) is 3.87. The van der Waals surface area contributed by atoms with E-state index in [9.17, 15) is 9.59 Å². The van der Waals surface area contributed by atoms with Crippen LogP contribution in [0.15, 0.2) is 48.8 Å². The summed E-state index contributed by atoms with van der Waals surface area (Å²) in [6.07, 6.45) is 2.99. The molecule has 5 heteroatoms. The van der Waals surface area contributed by atoms with Crippen molar-refractivity contribution in [2.24, 2.45) is 0 Å². The number of fused-ring (bicyclic) bond motifs is 1. The second-order valence-electron chi connectivity index (χ2n) is 5.16. The molecular weight excluding hydrogens is 280 g/mol. The number of hydrogen-bond acceptors (Lipinski definition) is 4. The molecule has 0 unspecified atom stereocenters. The first-order valence-electron chi connectivity index (χ1n) is 7.17. The minimum Gasteiger partial charge on any atom is -0.449 e. The smallest absolute Gasteiger partial charge is 0.340 e. The molecular formula is C17H16N2O3. The van der Waals surface area contributed by atoms with Crippen molar-refractivity contribution >= 4 is 17.6 Å². The van der Waals surface area contributed by atoms with Crippen LogP contribution in [-0.2, 0) is 16.0 Å². The molecule has 0 bridgehead atoms. The third-order valence-electron chi connectivity index (χ3n) is 3.68. The topological polar surface area (TPSA) is 59.5 Å². The number of carbonyl (C=O) groups excluding carboxylic acids is 2. The molecule has 112 valence electrons. The molecule has 22 heavy (non-hydrogen) atoms. The Balaban J connectivity index is 1.70. The fourth-order valence-corrected chi connectivity index (χ4v) is 2.55. The minimum absolute atomic E-state index is 0.206. The lowest BCUT2D eigenvalue weighted by molar-refractivity contribution is -0.126. The first kappa shape index (κ1) is 14.3. The van der Waals surface area contributed by atoms with Crippen LogP contribution in [0.25, 0.3) is 0 Å². The molecule has 2 heterocycles. The van der Waals surface area contributed by atoms with Crippen LogP contribution in [0.1, 0.15) is 22.8 Å². The molecule has 1 atom stereocenters. The number of rotatable bonds is 3. The zero-order valence-electron chi connectivity index (χ0n) is 12.2. The van der Waals surface area contributed by atoms with E-state index in [4.69, 9.17) is 4.74 Å². The first-order valence-corrected chi connectivity index (χ1v) is 7.17. The third-order valence-corrected chi connectivity index (χ3v) is 3.68. The van der Waals surface area contributed by atoms with Crippen molar-refractivity contribution in [3.05, 3.63) is 59.9 Å². The largest absolute Gasteiger partial charge is 0.449 e. The number of aromatic nitrogens is 1. The van der Waals surface area contributed by atoms with Crippen LogP contribution in [0.4, 0.5) is 5.69 Å². The summed E-state index contributed by atoms with van der Waals surface area (Å²) in [7, 11) is 0. The van der Waals surface area contributed by atoms with Gasteiger partial charge in [-0.25, -0.2) is 4.79 Å². The Morgan fingerprint density at radius 1 is 1.23 bits per heavy atom. The van der Waals surface area contributed by atoms with Crippen molar-refractivity contribution in [2.45, 2.75) is 19.4 Å². The molecule has 0 N–H and O–H groups in total. The molecule has 0 spiro atoms. The number of anilines is 1. The predicted molar refractivity (Wildman–Crippen MR) is 81.6 cm³/mol. The van der Waals surface area contributed by atoms with Gasteiger partial charge in [-0.1, -0.05) is 18.2 Å². The Morgan fingerprint density at radius 3 is 2.82 bits per heavy atom. The predicted octanol–water partition coefficient (Wildman–Crippen LogP) is 2.22. The second kappa shape index (κ2) is 5.97. The van der Waals surface area contributed by atoms with Gasteiger partial charge in [0, 0.05) is 24.6 Å². The van der Waals surface area contributed by atoms with E-state index in [1.165, 1.54) is 6.20 Å². The van der Waals surface area contributed by atoms with Crippen LogP contribution in [0.2, 0.25) is 0 Å². The summed E-state index contributed by atoms with van der Waals surface area (Å²) < 4.78 is 5.26. The number of esters is 1. The molecule has 1 aromatic heterocycles. The van der Waals surface area contributed by atoms with E-state index in [2.05, 4.69) is 4.98 Å². The lowest BCUT2D eigenvalue weighted by Crippen LogP contribution is -2.39. The zero-order valence-corrected chi connectivity index (χ0v) is 12.2. The maximum absolute atomic E-state index is 12.5. The molecule has 1 aliphatic rings. The molecule has 0 radical (unpaired) electrons. The number of carbonyl (C=O) groups is 2. The van der Waals surface area contributed by atoms with E-state index < -0.39 is 12.1 Å². The molecule has 1 aromatic carbocycles. The summed E-state index contributed by atoms with van der Waals surface area (Å²) in [5.74, 6) is -0.747. The number of para-hydroxylation sites is 1. The van der Waals surface area contributed by atoms with Crippen LogP contribution in [0, 0.1) is 0 Å². The van der Waals surface area contributed by atoms with Gasteiger partial charge < -0.3 is 9.64 Å². The van der Waals surface area contributed by atoms with Crippen molar-refractivity contribution < 1.29 is 14.3 Å². The van der Waals surface area contributed by atoms with Crippen molar-refractivity contribution in [3.63, 3.8) is 0 Å². The summed E-state index contributed by atoms with van der Waals surface area (Å²) in [6.45, 7) is 2.21. The maximum atomic E-state index is 12.5. The quantitative estimate of drug-likeness (QED) is 0.815. The highest BCUT2D eigenvalue weighted by atomic mass is 16.5. The number of ether oxygens (including phenoxy) is 1. The molecule has 0 saturated heterocycles. The van der Waals surface area contributed by atoms with Gasteiger partial charge in [-0.3, -0.25) is 9.78 Å². The Bertz CT molecular complexity index is 700. The molecule has 0 saturated carbocycles. The van der Waals surface area contributed by atoms with Gasteiger partial charge in [0.05, 0.1) is 5.56 Å². The van der Waals surface area contributed by atoms with E-state index in [-0.39, 0.29) is 5.91 Å². The summed E-state index contributed by atoms with van der Waals surface area (Å²) in [5, 5.41) is 0. The fraction of sp³-hybridized carbons (Fsp3) is 0.235. The Morgan fingerprint density at radius 2 is 2.05 bits per heavy atom. The normalized spacial score (nSPS) is 14.3. The summed E-state index contributed by atoms with van der Waals surface area (Å²) in [4.78, 5) is 30.0. The van der Waals surface area contributed by atoms with Gasteiger partial charge in [-0.2, -0.15) is 0 Å². The average Bonchev–Trinajstić information content (AvgIpc) is 2.99. The Hall–Kier alpha value is -2.69.